The molecule has 2 aromatic carbocycles. The average Bonchev–Trinajstić information content (AvgIpc) is 3.01. The van der Waals surface area contributed by atoms with E-state index in [1.54, 1.807) is 12.1 Å². The van der Waals surface area contributed by atoms with Gasteiger partial charge in [-0.2, -0.15) is 0 Å². The van der Waals surface area contributed by atoms with Crippen LogP contribution in [-0.4, -0.2) is 22.0 Å². The number of aromatic nitrogens is 1. The van der Waals surface area contributed by atoms with E-state index in [4.69, 9.17) is 9.47 Å². The molecule has 2 heterocycles. The van der Waals surface area contributed by atoms with E-state index in [1.165, 1.54) is 0 Å². The number of fused-ring (bicyclic) bond motifs is 2. The Hall–Kier alpha value is -2.63. The van der Waals surface area contributed by atoms with E-state index in [9.17, 15) is 10.2 Å². The molecule has 0 fully saturated rings. The number of hydrogen-bond donors (Lipinski definition) is 2. The van der Waals surface area contributed by atoms with Gasteiger partial charge < -0.3 is 19.7 Å². The van der Waals surface area contributed by atoms with Crippen molar-refractivity contribution in [2.45, 2.75) is 6.29 Å². The van der Waals surface area contributed by atoms with E-state index in [0.717, 1.165) is 22.4 Å². The Bertz CT molecular complexity index is 860. The van der Waals surface area contributed by atoms with Crippen molar-refractivity contribution in [3.05, 3.63) is 54.1 Å². The fourth-order valence-corrected chi connectivity index (χ4v) is 2.62. The number of benzene rings is 2. The molecule has 5 nitrogen and oxygen atoms in total. The molecule has 0 radical (unpaired) electrons. The first-order chi connectivity index (χ1) is 10.7. The lowest BCUT2D eigenvalue weighted by atomic mass is 10.1. The second-order valence-corrected chi connectivity index (χ2v) is 5.05. The van der Waals surface area contributed by atoms with Crippen molar-refractivity contribution in [1.29, 1.82) is 0 Å². The molecule has 4 rings (SSSR count). The predicted octanol–water partition coefficient (Wildman–Crippen LogP) is 2.61. The van der Waals surface area contributed by atoms with Gasteiger partial charge in [0, 0.05) is 16.5 Å². The van der Waals surface area contributed by atoms with Crippen LogP contribution >= 0.6 is 0 Å². The molecular formula is C17H13NO4. The van der Waals surface area contributed by atoms with Gasteiger partial charge in [0.25, 0.3) is 0 Å². The van der Waals surface area contributed by atoms with Crippen LogP contribution in [0.4, 0.5) is 0 Å². The van der Waals surface area contributed by atoms with Crippen LogP contribution in [0.2, 0.25) is 0 Å². The number of pyridine rings is 1. The molecule has 2 N–H and O–H groups in total. The fourth-order valence-electron chi connectivity index (χ4n) is 2.62. The average molecular weight is 295 g/mol. The van der Waals surface area contributed by atoms with Crippen molar-refractivity contribution >= 4 is 10.9 Å². The van der Waals surface area contributed by atoms with Crippen LogP contribution in [0.25, 0.3) is 22.2 Å². The number of nitrogens with zero attached hydrogens (tertiary/aromatic N) is 1. The zero-order valence-electron chi connectivity index (χ0n) is 11.6. The van der Waals surface area contributed by atoms with Gasteiger partial charge in [-0.25, -0.2) is 4.98 Å². The third kappa shape index (κ3) is 2.07. The van der Waals surface area contributed by atoms with E-state index < -0.39 is 6.29 Å². The maximum Gasteiger partial charge on any atom is 0.231 e. The minimum atomic E-state index is -1.51. The zero-order valence-corrected chi connectivity index (χ0v) is 11.6. The van der Waals surface area contributed by atoms with Crippen LogP contribution in [0, 0.1) is 0 Å². The Morgan fingerprint density at radius 1 is 0.955 bits per heavy atom. The lowest BCUT2D eigenvalue weighted by molar-refractivity contribution is -0.0413. The largest absolute Gasteiger partial charge is 0.454 e. The van der Waals surface area contributed by atoms with E-state index in [1.807, 2.05) is 36.4 Å². The minimum Gasteiger partial charge on any atom is -0.454 e. The summed E-state index contributed by atoms with van der Waals surface area (Å²) in [5.74, 6) is 1.44. The molecule has 5 heteroatoms. The van der Waals surface area contributed by atoms with Crippen LogP contribution in [-0.2, 0) is 0 Å². The van der Waals surface area contributed by atoms with E-state index in [2.05, 4.69) is 4.98 Å². The monoisotopic (exact) mass is 295 g/mol. The highest BCUT2D eigenvalue weighted by molar-refractivity contribution is 5.85. The van der Waals surface area contributed by atoms with Crippen LogP contribution in [0.3, 0.4) is 0 Å². The summed E-state index contributed by atoms with van der Waals surface area (Å²) in [6.45, 7) is 0.238. The quantitative estimate of drug-likeness (QED) is 0.711. The molecule has 0 amide bonds. The Morgan fingerprint density at radius 3 is 2.68 bits per heavy atom. The first-order valence-corrected chi connectivity index (χ1v) is 6.88. The number of ether oxygens (including phenoxy) is 2. The van der Waals surface area contributed by atoms with Gasteiger partial charge in [0.2, 0.25) is 6.79 Å². The molecule has 0 aliphatic carbocycles. The van der Waals surface area contributed by atoms with Gasteiger partial charge in [0.15, 0.2) is 17.8 Å². The van der Waals surface area contributed by atoms with Gasteiger partial charge in [0.05, 0.1) is 11.2 Å². The fraction of sp³-hybridized carbons (Fsp3) is 0.118. The lowest BCUT2D eigenvalue weighted by Gasteiger charge is -2.09. The van der Waals surface area contributed by atoms with Gasteiger partial charge in [-0.05, 0) is 30.3 Å². The molecule has 3 aromatic rings. The minimum absolute atomic E-state index is 0.238. The summed E-state index contributed by atoms with van der Waals surface area (Å²) >= 11 is 0. The van der Waals surface area contributed by atoms with Crippen LogP contribution in [0.1, 0.15) is 11.9 Å². The Kier molecular flexibility index (Phi) is 2.96. The zero-order chi connectivity index (χ0) is 15.1. The van der Waals surface area contributed by atoms with Gasteiger partial charge >= 0.3 is 0 Å². The number of aliphatic hydroxyl groups excluding tert-OH is 1. The number of hydrogen-bond acceptors (Lipinski definition) is 5. The first-order valence-electron chi connectivity index (χ1n) is 6.88. The third-order valence-corrected chi connectivity index (χ3v) is 3.71. The Labute approximate surface area is 126 Å². The van der Waals surface area contributed by atoms with E-state index in [0.29, 0.717) is 16.8 Å². The molecule has 22 heavy (non-hydrogen) atoms. The summed E-state index contributed by atoms with van der Waals surface area (Å²) < 4.78 is 10.7. The Balaban J connectivity index is 1.83. The summed E-state index contributed by atoms with van der Waals surface area (Å²) in [5.41, 5.74) is 2.86. The molecule has 1 aliphatic rings. The van der Waals surface area contributed by atoms with Crippen molar-refractivity contribution < 1.29 is 19.7 Å². The maximum absolute atomic E-state index is 9.41. The SMILES string of the molecule is OC(O)c1cccc2nc(-c3ccc4c(c3)OCO4)ccc12. The van der Waals surface area contributed by atoms with Gasteiger partial charge in [-0.1, -0.05) is 18.2 Å². The van der Waals surface area contributed by atoms with Crippen LogP contribution < -0.4 is 9.47 Å². The normalized spacial score (nSPS) is 13.0. The molecular weight excluding hydrogens is 282 g/mol. The third-order valence-electron chi connectivity index (χ3n) is 3.71. The molecule has 0 saturated heterocycles. The summed E-state index contributed by atoms with van der Waals surface area (Å²) in [7, 11) is 0. The molecule has 1 aromatic heterocycles. The second kappa shape index (κ2) is 4.98. The van der Waals surface area contributed by atoms with Crippen LogP contribution in [0.15, 0.2) is 48.5 Å². The van der Waals surface area contributed by atoms with Crippen molar-refractivity contribution in [1.82, 2.24) is 4.98 Å². The summed E-state index contributed by atoms with van der Waals surface area (Å²) in [4.78, 5) is 4.60. The molecule has 0 atom stereocenters. The van der Waals surface area contributed by atoms with Gasteiger partial charge in [0.1, 0.15) is 0 Å². The molecule has 0 unspecified atom stereocenters. The second-order valence-electron chi connectivity index (χ2n) is 5.05. The standard InChI is InChI=1S/C17H13NO4/c19-17(20)12-2-1-3-14-11(12)5-6-13(18-14)10-4-7-15-16(8-10)22-9-21-15/h1-8,17,19-20H,9H2. The molecule has 0 spiro atoms. The highest BCUT2D eigenvalue weighted by Gasteiger charge is 2.15. The van der Waals surface area contributed by atoms with Gasteiger partial charge in [-0.3, -0.25) is 0 Å². The maximum atomic E-state index is 9.41. The summed E-state index contributed by atoms with van der Waals surface area (Å²) in [6.07, 6.45) is -1.51. The van der Waals surface area contributed by atoms with Crippen molar-refractivity contribution in [2.75, 3.05) is 6.79 Å². The summed E-state index contributed by atoms with van der Waals surface area (Å²) in [5, 5.41) is 19.5. The smallest absolute Gasteiger partial charge is 0.231 e. The highest BCUT2D eigenvalue weighted by Crippen LogP contribution is 2.36. The van der Waals surface area contributed by atoms with Crippen molar-refractivity contribution in [3.8, 4) is 22.8 Å². The van der Waals surface area contributed by atoms with Crippen molar-refractivity contribution in [2.24, 2.45) is 0 Å². The van der Waals surface area contributed by atoms with E-state index in [-0.39, 0.29) is 6.79 Å². The van der Waals surface area contributed by atoms with E-state index >= 15 is 0 Å². The van der Waals surface area contributed by atoms with Crippen LogP contribution in [0.5, 0.6) is 11.5 Å². The lowest BCUT2D eigenvalue weighted by Crippen LogP contribution is -1.97. The predicted molar refractivity (Wildman–Crippen MR) is 80.5 cm³/mol. The molecule has 0 saturated carbocycles. The number of rotatable bonds is 2. The summed E-state index contributed by atoms with van der Waals surface area (Å²) in [6, 6.07) is 14.6. The number of aliphatic hydroxyl groups is 2. The molecule has 0 bridgehead atoms. The Morgan fingerprint density at radius 2 is 1.82 bits per heavy atom. The first kappa shape index (κ1) is 13.1. The van der Waals surface area contributed by atoms with Gasteiger partial charge in [-0.15, -0.1) is 0 Å². The highest BCUT2D eigenvalue weighted by atomic mass is 16.7. The topological polar surface area (TPSA) is 71.8 Å². The van der Waals surface area contributed by atoms with Crippen molar-refractivity contribution in [3.63, 3.8) is 0 Å². The molecule has 1 aliphatic heterocycles. The molecule has 110 valence electrons.